The lowest BCUT2D eigenvalue weighted by atomic mass is 10.1. The van der Waals surface area contributed by atoms with Gasteiger partial charge in [0.15, 0.2) is 5.82 Å². The monoisotopic (exact) mass is 278 g/mol. The molecule has 2 aromatic rings. The van der Waals surface area contributed by atoms with E-state index < -0.39 is 0 Å². The number of rotatable bonds is 4. The molecule has 0 spiro atoms. The highest BCUT2D eigenvalue weighted by atomic mass is 35.5. The van der Waals surface area contributed by atoms with Gasteiger partial charge in [-0.3, -0.25) is 0 Å². The largest absolute Gasteiger partial charge is 0.467 e. The van der Waals surface area contributed by atoms with Crippen LogP contribution in [0.2, 0.25) is 5.02 Å². The van der Waals surface area contributed by atoms with Crippen molar-refractivity contribution in [3.63, 3.8) is 0 Å². The van der Waals surface area contributed by atoms with E-state index in [2.05, 4.69) is 15.3 Å². The van der Waals surface area contributed by atoms with Gasteiger partial charge >= 0.3 is 6.01 Å². The molecular formula is C13H15ClN4O. The third kappa shape index (κ3) is 3.06. The highest BCUT2D eigenvalue weighted by molar-refractivity contribution is 6.32. The van der Waals surface area contributed by atoms with Crippen molar-refractivity contribution in [1.82, 2.24) is 9.97 Å². The summed E-state index contributed by atoms with van der Waals surface area (Å²) in [5, 5.41) is 3.60. The third-order valence-electron chi connectivity index (χ3n) is 2.84. The van der Waals surface area contributed by atoms with E-state index in [1.807, 2.05) is 25.1 Å². The van der Waals surface area contributed by atoms with Crippen LogP contribution in [-0.2, 0) is 6.54 Å². The van der Waals surface area contributed by atoms with Gasteiger partial charge in [0.05, 0.1) is 13.3 Å². The molecule has 5 nitrogen and oxygen atoms in total. The summed E-state index contributed by atoms with van der Waals surface area (Å²) in [6.45, 7) is 2.56. The Bertz CT molecular complexity index is 589. The number of aromatic nitrogens is 2. The van der Waals surface area contributed by atoms with Gasteiger partial charge in [-0.15, -0.1) is 0 Å². The van der Waals surface area contributed by atoms with Gasteiger partial charge in [0, 0.05) is 12.2 Å². The molecule has 0 aliphatic heterocycles. The molecule has 3 N–H and O–H groups in total. The lowest BCUT2D eigenvalue weighted by molar-refractivity contribution is 0.380. The molecule has 0 unspecified atom stereocenters. The number of nitrogens with zero attached hydrogens (tertiary/aromatic N) is 2. The second-order valence-corrected chi connectivity index (χ2v) is 4.45. The molecule has 0 bridgehead atoms. The Labute approximate surface area is 116 Å². The van der Waals surface area contributed by atoms with Crippen LogP contribution < -0.4 is 15.8 Å². The number of nitrogen functional groups attached to an aromatic ring is 1. The standard InChI is InChI=1S/C13H15ClN4O/c1-8-9(4-3-5-11(8)15)6-16-12-10(14)7-17-13(18-12)19-2/h3-5,7H,6,15H2,1-2H3,(H,16,17,18). The van der Waals surface area contributed by atoms with Gasteiger partial charge in [-0.2, -0.15) is 4.98 Å². The van der Waals surface area contributed by atoms with Gasteiger partial charge in [0.1, 0.15) is 5.02 Å². The zero-order valence-corrected chi connectivity index (χ0v) is 11.5. The van der Waals surface area contributed by atoms with Crippen molar-refractivity contribution < 1.29 is 4.74 Å². The van der Waals surface area contributed by atoms with E-state index in [0.717, 1.165) is 16.8 Å². The Kier molecular flexibility index (Phi) is 4.06. The number of ether oxygens (including phenoxy) is 1. The summed E-state index contributed by atoms with van der Waals surface area (Å²) in [6.07, 6.45) is 1.50. The van der Waals surface area contributed by atoms with Gasteiger partial charge in [-0.05, 0) is 24.1 Å². The van der Waals surface area contributed by atoms with Gasteiger partial charge in [-0.1, -0.05) is 23.7 Å². The van der Waals surface area contributed by atoms with E-state index in [9.17, 15) is 0 Å². The first-order chi connectivity index (χ1) is 9.11. The molecule has 0 saturated heterocycles. The van der Waals surface area contributed by atoms with Crippen molar-refractivity contribution in [2.45, 2.75) is 13.5 Å². The predicted octanol–water partition coefficient (Wildman–Crippen LogP) is 2.64. The van der Waals surface area contributed by atoms with E-state index in [0.29, 0.717) is 17.4 Å². The molecule has 6 heteroatoms. The maximum absolute atomic E-state index is 6.02. The fourth-order valence-electron chi connectivity index (χ4n) is 1.65. The van der Waals surface area contributed by atoms with Gasteiger partial charge in [-0.25, -0.2) is 4.98 Å². The van der Waals surface area contributed by atoms with Gasteiger partial charge in [0.2, 0.25) is 0 Å². The van der Waals surface area contributed by atoms with Crippen molar-refractivity contribution in [2.24, 2.45) is 0 Å². The molecule has 0 amide bonds. The van der Waals surface area contributed by atoms with Crippen molar-refractivity contribution in [1.29, 1.82) is 0 Å². The number of methoxy groups -OCH3 is 1. The van der Waals surface area contributed by atoms with Crippen molar-refractivity contribution in [3.8, 4) is 6.01 Å². The molecule has 1 aromatic heterocycles. The maximum atomic E-state index is 6.02. The maximum Gasteiger partial charge on any atom is 0.318 e. The molecule has 1 aromatic carbocycles. The molecule has 100 valence electrons. The normalized spacial score (nSPS) is 10.3. The Morgan fingerprint density at radius 1 is 1.42 bits per heavy atom. The van der Waals surface area contributed by atoms with Crippen LogP contribution in [0.4, 0.5) is 11.5 Å². The predicted molar refractivity (Wildman–Crippen MR) is 76.5 cm³/mol. The minimum absolute atomic E-state index is 0.274. The second-order valence-electron chi connectivity index (χ2n) is 4.04. The molecule has 2 rings (SSSR count). The SMILES string of the molecule is COc1ncc(Cl)c(NCc2cccc(N)c2C)n1. The van der Waals surface area contributed by atoms with Gasteiger partial charge < -0.3 is 15.8 Å². The highest BCUT2D eigenvalue weighted by Crippen LogP contribution is 2.22. The first-order valence-corrected chi connectivity index (χ1v) is 6.14. The van der Waals surface area contributed by atoms with Crippen molar-refractivity contribution in [2.75, 3.05) is 18.2 Å². The number of halogens is 1. The van der Waals surface area contributed by atoms with Crippen LogP contribution in [-0.4, -0.2) is 17.1 Å². The number of benzene rings is 1. The zero-order valence-electron chi connectivity index (χ0n) is 10.8. The Balaban J connectivity index is 2.16. The van der Waals surface area contributed by atoms with E-state index in [-0.39, 0.29) is 6.01 Å². The van der Waals surface area contributed by atoms with Crippen LogP contribution in [0.1, 0.15) is 11.1 Å². The summed E-state index contributed by atoms with van der Waals surface area (Å²) in [5.74, 6) is 0.537. The third-order valence-corrected chi connectivity index (χ3v) is 3.12. The Morgan fingerprint density at radius 3 is 2.95 bits per heavy atom. The first-order valence-electron chi connectivity index (χ1n) is 5.76. The van der Waals surface area contributed by atoms with Crippen LogP contribution in [0.3, 0.4) is 0 Å². The van der Waals surface area contributed by atoms with E-state index >= 15 is 0 Å². The molecular weight excluding hydrogens is 264 g/mol. The van der Waals surface area contributed by atoms with E-state index in [4.69, 9.17) is 22.1 Å². The van der Waals surface area contributed by atoms with E-state index in [1.54, 1.807) is 0 Å². The molecule has 19 heavy (non-hydrogen) atoms. The topological polar surface area (TPSA) is 73.1 Å². The number of hydrogen-bond acceptors (Lipinski definition) is 5. The first kappa shape index (κ1) is 13.4. The summed E-state index contributed by atoms with van der Waals surface area (Å²) >= 11 is 6.02. The Morgan fingerprint density at radius 2 is 2.21 bits per heavy atom. The fourth-order valence-corrected chi connectivity index (χ4v) is 1.80. The average molecular weight is 279 g/mol. The molecule has 0 radical (unpaired) electrons. The quantitative estimate of drug-likeness (QED) is 0.841. The highest BCUT2D eigenvalue weighted by Gasteiger charge is 2.07. The summed E-state index contributed by atoms with van der Waals surface area (Å²) in [5.41, 5.74) is 8.77. The molecule has 0 aliphatic rings. The van der Waals surface area contributed by atoms with Crippen LogP contribution >= 0.6 is 11.6 Å². The van der Waals surface area contributed by atoms with Crippen LogP contribution in [0.25, 0.3) is 0 Å². The number of nitrogens with two attached hydrogens (primary N) is 1. The smallest absolute Gasteiger partial charge is 0.318 e. The molecule has 0 saturated carbocycles. The lowest BCUT2D eigenvalue weighted by Crippen LogP contribution is -2.06. The zero-order chi connectivity index (χ0) is 13.8. The minimum atomic E-state index is 0.274. The van der Waals surface area contributed by atoms with Crippen molar-refractivity contribution >= 4 is 23.1 Å². The number of hydrogen-bond donors (Lipinski definition) is 2. The second kappa shape index (κ2) is 5.75. The van der Waals surface area contributed by atoms with Crippen LogP contribution in [0.15, 0.2) is 24.4 Å². The molecule has 0 fully saturated rings. The summed E-state index contributed by atoms with van der Waals surface area (Å²) in [4.78, 5) is 8.07. The van der Waals surface area contributed by atoms with Gasteiger partial charge in [0.25, 0.3) is 0 Å². The lowest BCUT2D eigenvalue weighted by Gasteiger charge is -2.11. The van der Waals surface area contributed by atoms with Crippen LogP contribution in [0.5, 0.6) is 6.01 Å². The average Bonchev–Trinajstić information content (AvgIpc) is 2.42. The molecule has 1 heterocycles. The summed E-state index contributed by atoms with van der Waals surface area (Å²) < 4.78 is 4.96. The number of anilines is 2. The molecule has 0 aliphatic carbocycles. The fraction of sp³-hybridized carbons (Fsp3) is 0.231. The molecule has 0 atom stereocenters. The van der Waals surface area contributed by atoms with E-state index in [1.165, 1.54) is 13.3 Å². The summed E-state index contributed by atoms with van der Waals surface area (Å²) in [7, 11) is 1.51. The van der Waals surface area contributed by atoms with Crippen molar-refractivity contribution in [3.05, 3.63) is 40.5 Å². The minimum Gasteiger partial charge on any atom is -0.467 e. The Hall–Kier alpha value is -2.01. The number of nitrogens with one attached hydrogen (secondary N) is 1. The summed E-state index contributed by atoms with van der Waals surface area (Å²) in [6, 6.07) is 6.07. The van der Waals surface area contributed by atoms with Crippen LogP contribution in [0, 0.1) is 6.92 Å².